The maximum atomic E-state index is 12.5. The van der Waals surface area contributed by atoms with Crippen molar-refractivity contribution in [2.75, 3.05) is 14.2 Å². The summed E-state index contributed by atoms with van der Waals surface area (Å²) in [6.07, 6.45) is 0.342. The Morgan fingerprint density at radius 1 is 1.15 bits per heavy atom. The molecule has 3 rings (SSSR count). The fourth-order valence-corrected chi connectivity index (χ4v) is 2.71. The predicted octanol–water partition coefficient (Wildman–Crippen LogP) is 3.56. The van der Waals surface area contributed by atoms with Gasteiger partial charge in [0.2, 0.25) is 17.6 Å². The van der Waals surface area contributed by atoms with E-state index in [1.807, 2.05) is 43.3 Å². The molecular weight excluding hydrogens is 342 g/mol. The number of benzene rings is 2. The zero-order chi connectivity index (χ0) is 19.4. The fraction of sp³-hybridized carbons (Fsp3) is 0.286. The number of nitrogens with zero attached hydrogens (tertiary/aromatic N) is 3. The Hall–Kier alpha value is -3.15. The van der Waals surface area contributed by atoms with E-state index < -0.39 is 0 Å². The van der Waals surface area contributed by atoms with Crippen LogP contribution >= 0.6 is 0 Å². The molecule has 0 N–H and O–H groups in total. The SMILES string of the molecule is COc1cccc(-c2noc(CN(C)C(=O)Cc3ccc(C)c(C)c3)n2)c1. The third kappa shape index (κ3) is 4.53. The Morgan fingerprint density at radius 3 is 2.70 bits per heavy atom. The number of carbonyl (C=O) groups is 1. The van der Waals surface area contributed by atoms with Crippen LogP contribution in [0.5, 0.6) is 5.75 Å². The highest BCUT2D eigenvalue weighted by atomic mass is 16.5. The zero-order valence-electron chi connectivity index (χ0n) is 16.0. The lowest BCUT2D eigenvalue weighted by Crippen LogP contribution is -2.27. The Balaban J connectivity index is 1.65. The van der Waals surface area contributed by atoms with Crippen LogP contribution in [0.15, 0.2) is 47.0 Å². The van der Waals surface area contributed by atoms with E-state index in [1.165, 1.54) is 11.1 Å². The summed E-state index contributed by atoms with van der Waals surface area (Å²) in [4.78, 5) is 18.5. The lowest BCUT2D eigenvalue weighted by Gasteiger charge is -2.15. The van der Waals surface area contributed by atoms with Gasteiger partial charge in [-0.3, -0.25) is 4.79 Å². The summed E-state index contributed by atoms with van der Waals surface area (Å²) >= 11 is 0. The maximum Gasteiger partial charge on any atom is 0.246 e. The van der Waals surface area contributed by atoms with Gasteiger partial charge in [0.05, 0.1) is 20.1 Å². The van der Waals surface area contributed by atoms with Gasteiger partial charge in [-0.15, -0.1) is 0 Å². The lowest BCUT2D eigenvalue weighted by atomic mass is 10.0. The second kappa shape index (κ2) is 8.03. The Bertz CT molecular complexity index is 949. The third-order valence-electron chi connectivity index (χ3n) is 4.52. The van der Waals surface area contributed by atoms with Crippen LogP contribution in [0.3, 0.4) is 0 Å². The molecule has 2 aromatic carbocycles. The molecule has 0 unspecified atom stereocenters. The summed E-state index contributed by atoms with van der Waals surface area (Å²) in [6.45, 7) is 4.37. The van der Waals surface area contributed by atoms with Crippen molar-refractivity contribution in [3.63, 3.8) is 0 Å². The summed E-state index contributed by atoms with van der Waals surface area (Å²) in [7, 11) is 3.34. The monoisotopic (exact) mass is 365 g/mol. The minimum absolute atomic E-state index is 0.000571. The van der Waals surface area contributed by atoms with E-state index in [0.29, 0.717) is 18.1 Å². The Morgan fingerprint density at radius 2 is 1.96 bits per heavy atom. The molecule has 0 atom stereocenters. The number of aryl methyl sites for hydroxylation is 2. The largest absolute Gasteiger partial charge is 0.497 e. The molecule has 0 aliphatic rings. The van der Waals surface area contributed by atoms with Crippen molar-refractivity contribution in [2.45, 2.75) is 26.8 Å². The topological polar surface area (TPSA) is 68.5 Å². The Labute approximate surface area is 158 Å². The van der Waals surface area contributed by atoms with E-state index in [-0.39, 0.29) is 12.5 Å². The van der Waals surface area contributed by atoms with Gasteiger partial charge in [0.15, 0.2) is 0 Å². The second-order valence-electron chi connectivity index (χ2n) is 6.59. The molecule has 27 heavy (non-hydrogen) atoms. The quantitative estimate of drug-likeness (QED) is 0.668. The molecule has 6 heteroatoms. The van der Waals surface area contributed by atoms with Crippen LogP contribution in [0, 0.1) is 13.8 Å². The normalized spacial score (nSPS) is 10.7. The number of aromatic nitrogens is 2. The van der Waals surface area contributed by atoms with Crippen molar-refractivity contribution in [2.24, 2.45) is 0 Å². The van der Waals surface area contributed by atoms with E-state index in [2.05, 4.69) is 23.1 Å². The second-order valence-corrected chi connectivity index (χ2v) is 6.59. The van der Waals surface area contributed by atoms with Gasteiger partial charge < -0.3 is 14.2 Å². The van der Waals surface area contributed by atoms with E-state index in [1.54, 1.807) is 19.1 Å². The van der Waals surface area contributed by atoms with Crippen LogP contribution in [0.4, 0.5) is 0 Å². The number of hydrogen-bond acceptors (Lipinski definition) is 5. The highest BCUT2D eigenvalue weighted by Crippen LogP contribution is 2.21. The highest BCUT2D eigenvalue weighted by Gasteiger charge is 2.15. The first kappa shape index (κ1) is 18.6. The molecule has 0 spiro atoms. The van der Waals surface area contributed by atoms with Crippen LogP contribution in [0.2, 0.25) is 0 Å². The van der Waals surface area contributed by atoms with Crippen molar-refractivity contribution < 1.29 is 14.1 Å². The van der Waals surface area contributed by atoms with Gasteiger partial charge in [-0.25, -0.2) is 0 Å². The van der Waals surface area contributed by atoms with Gasteiger partial charge in [-0.1, -0.05) is 35.5 Å². The average Bonchev–Trinajstić information content (AvgIpc) is 3.13. The summed E-state index contributed by atoms with van der Waals surface area (Å²) in [5.41, 5.74) is 4.20. The van der Waals surface area contributed by atoms with Gasteiger partial charge >= 0.3 is 0 Å². The molecule has 1 amide bonds. The minimum Gasteiger partial charge on any atom is -0.497 e. The summed E-state index contributed by atoms with van der Waals surface area (Å²) in [6, 6.07) is 13.5. The molecule has 0 fully saturated rings. The first-order chi connectivity index (χ1) is 13.0. The van der Waals surface area contributed by atoms with Crippen molar-refractivity contribution in [3.05, 3.63) is 65.0 Å². The number of amides is 1. The predicted molar refractivity (Wildman–Crippen MR) is 102 cm³/mol. The minimum atomic E-state index is -0.000571. The van der Waals surface area contributed by atoms with Gasteiger partial charge in [-0.2, -0.15) is 4.98 Å². The number of carbonyl (C=O) groups excluding carboxylic acids is 1. The summed E-state index contributed by atoms with van der Waals surface area (Å²) in [5.74, 6) is 1.58. The van der Waals surface area contributed by atoms with Crippen LogP contribution in [0.1, 0.15) is 22.6 Å². The molecule has 0 aliphatic carbocycles. The van der Waals surface area contributed by atoms with Crippen LogP contribution in [-0.2, 0) is 17.8 Å². The summed E-state index contributed by atoms with van der Waals surface area (Å²) in [5, 5.41) is 4.00. The van der Waals surface area contributed by atoms with Gasteiger partial charge in [-0.05, 0) is 42.7 Å². The van der Waals surface area contributed by atoms with E-state index in [0.717, 1.165) is 16.9 Å². The standard InChI is InChI=1S/C21H23N3O3/c1-14-8-9-16(10-15(14)2)11-20(25)24(3)13-19-22-21(23-27-19)17-6-5-7-18(12-17)26-4/h5-10,12H,11,13H2,1-4H3. The first-order valence-corrected chi connectivity index (χ1v) is 8.73. The van der Waals surface area contributed by atoms with Crippen molar-refractivity contribution in [1.82, 2.24) is 15.0 Å². The van der Waals surface area contributed by atoms with Crippen molar-refractivity contribution in [3.8, 4) is 17.1 Å². The lowest BCUT2D eigenvalue weighted by molar-refractivity contribution is -0.130. The van der Waals surface area contributed by atoms with E-state index in [9.17, 15) is 4.79 Å². The van der Waals surface area contributed by atoms with Gasteiger partial charge in [0.1, 0.15) is 5.75 Å². The van der Waals surface area contributed by atoms with Crippen LogP contribution in [0.25, 0.3) is 11.4 Å². The molecule has 0 saturated carbocycles. The first-order valence-electron chi connectivity index (χ1n) is 8.73. The van der Waals surface area contributed by atoms with Crippen molar-refractivity contribution in [1.29, 1.82) is 0 Å². The van der Waals surface area contributed by atoms with Crippen molar-refractivity contribution >= 4 is 5.91 Å². The average molecular weight is 365 g/mol. The number of likely N-dealkylation sites (N-methyl/N-ethyl adjacent to an activating group) is 1. The van der Waals surface area contributed by atoms with Crippen LogP contribution < -0.4 is 4.74 Å². The Kier molecular flexibility index (Phi) is 5.54. The molecule has 0 aliphatic heterocycles. The number of hydrogen-bond donors (Lipinski definition) is 0. The molecular formula is C21H23N3O3. The molecule has 0 saturated heterocycles. The molecule has 1 heterocycles. The van der Waals surface area contributed by atoms with Gasteiger partial charge in [0, 0.05) is 12.6 Å². The number of ether oxygens (including phenoxy) is 1. The fourth-order valence-electron chi connectivity index (χ4n) is 2.71. The molecule has 3 aromatic rings. The van der Waals surface area contributed by atoms with E-state index >= 15 is 0 Å². The van der Waals surface area contributed by atoms with E-state index in [4.69, 9.17) is 9.26 Å². The molecule has 6 nitrogen and oxygen atoms in total. The smallest absolute Gasteiger partial charge is 0.246 e. The molecule has 1 aromatic heterocycles. The third-order valence-corrected chi connectivity index (χ3v) is 4.52. The highest BCUT2D eigenvalue weighted by molar-refractivity contribution is 5.78. The zero-order valence-corrected chi connectivity index (χ0v) is 16.0. The summed E-state index contributed by atoms with van der Waals surface area (Å²) < 4.78 is 10.5. The maximum absolute atomic E-state index is 12.5. The molecule has 140 valence electrons. The van der Waals surface area contributed by atoms with Gasteiger partial charge in [0.25, 0.3) is 0 Å². The molecule has 0 bridgehead atoms. The number of rotatable bonds is 6. The number of methoxy groups -OCH3 is 1. The molecule has 0 radical (unpaired) electrons. The van der Waals surface area contributed by atoms with Crippen LogP contribution in [-0.4, -0.2) is 35.1 Å².